The first kappa shape index (κ1) is 22.0. The van der Waals surface area contributed by atoms with E-state index in [0.29, 0.717) is 23.3 Å². The van der Waals surface area contributed by atoms with Crippen LogP contribution in [0.4, 0.5) is 0 Å². The molecule has 0 saturated heterocycles. The zero-order valence-corrected chi connectivity index (χ0v) is 18.8. The second-order valence-electron chi connectivity index (χ2n) is 9.63. The van der Waals surface area contributed by atoms with Crippen LogP contribution in [0.3, 0.4) is 0 Å². The molecule has 2 aliphatic rings. The summed E-state index contributed by atoms with van der Waals surface area (Å²) < 4.78 is 6.24. The van der Waals surface area contributed by atoms with Crippen LogP contribution < -0.4 is 4.74 Å². The number of hydrogen-bond acceptors (Lipinski definition) is 3. The van der Waals surface area contributed by atoms with Gasteiger partial charge in [0.15, 0.2) is 0 Å². The van der Waals surface area contributed by atoms with Gasteiger partial charge >= 0.3 is 0 Å². The molecular weight excluding hydrogens is 384 g/mol. The number of ether oxygens (including phenoxy) is 1. The van der Waals surface area contributed by atoms with E-state index in [9.17, 15) is 10.2 Å². The molecule has 2 aromatic rings. The molecule has 0 heterocycles. The van der Waals surface area contributed by atoms with Gasteiger partial charge in [0.2, 0.25) is 0 Å². The van der Waals surface area contributed by atoms with Crippen molar-refractivity contribution in [1.29, 1.82) is 0 Å². The number of aromatic hydroxyl groups is 2. The molecule has 0 atom stereocenters. The van der Waals surface area contributed by atoms with Crippen LogP contribution in [-0.2, 0) is 0 Å². The van der Waals surface area contributed by atoms with Crippen molar-refractivity contribution in [3.63, 3.8) is 0 Å². The summed E-state index contributed by atoms with van der Waals surface area (Å²) in [7, 11) is 0. The van der Waals surface area contributed by atoms with Crippen molar-refractivity contribution in [2.75, 3.05) is 0 Å². The van der Waals surface area contributed by atoms with Gasteiger partial charge in [-0.15, -0.1) is 0 Å². The first-order valence-electron chi connectivity index (χ1n) is 12.5. The van der Waals surface area contributed by atoms with Gasteiger partial charge in [-0.2, -0.15) is 0 Å². The molecule has 0 bridgehead atoms. The van der Waals surface area contributed by atoms with Gasteiger partial charge in [0.05, 0.1) is 0 Å². The zero-order chi connectivity index (χ0) is 21.5. The lowest BCUT2D eigenvalue weighted by Crippen LogP contribution is -2.04. The molecule has 31 heavy (non-hydrogen) atoms. The largest absolute Gasteiger partial charge is 0.508 e. The van der Waals surface area contributed by atoms with Crippen molar-refractivity contribution in [1.82, 2.24) is 0 Å². The van der Waals surface area contributed by atoms with E-state index in [1.54, 1.807) is 12.1 Å². The van der Waals surface area contributed by atoms with Gasteiger partial charge in [-0.1, -0.05) is 64.2 Å². The van der Waals surface area contributed by atoms with Gasteiger partial charge in [0, 0.05) is 11.1 Å². The highest BCUT2D eigenvalue weighted by molar-refractivity contribution is 5.46. The Kier molecular flexibility index (Phi) is 7.77. The van der Waals surface area contributed by atoms with Crippen molar-refractivity contribution in [3.8, 4) is 23.0 Å². The van der Waals surface area contributed by atoms with E-state index in [1.165, 1.54) is 64.2 Å². The van der Waals surface area contributed by atoms with Crippen LogP contribution in [0.5, 0.6) is 23.0 Å². The van der Waals surface area contributed by atoms with Gasteiger partial charge in [0.1, 0.15) is 23.0 Å². The van der Waals surface area contributed by atoms with Gasteiger partial charge in [-0.3, -0.25) is 0 Å². The van der Waals surface area contributed by atoms with Crippen molar-refractivity contribution in [2.45, 2.75) is 102 Å². The third-order valence-corrected chi connectivity index (χ3v) is 7.32. The van der Waals surface area contributed by atoms with Gasteiger partial charge in [-0.05, 0) is 73.9 Å². The third kappa shape index (κ3) is 5.96. The molecule has 0 radical (unpaired) electrons. The normalized spacial score (nSPS) is 19.7. The molecule has 2 fully saturated rings. The molecule has 3 nitrogen and oxygen atoms in total. The number of phenolic OH excluding ortho intramolecular Hbond substituents is 2. The van der Waals surface area contributed by atoms with Crippen LogP contribution in [0.2, 0.25) is 0 Å². The van der Waals surface area contributed by atoms with Crippen LogP contribution in [0.1, 0.15) is 113 Å². The number of hydrogen-bond donors (Lipinski definition) is 2. The molecule has 168 valence electrons. The molecule has 0 spiro atoms. The fraction of sp³-hybridized carbons (Fsp3) is 0.571. The third-order valence-electron chi connectivity index (χ3n) is 7.32. The molecule has 2 saturated carbocycles. The monoisotopic (exact) mass is 422 g/mol. The van der Waals surface area contributed by atoms with Crippen LogP contribution in [-0.4, -0.2) is 10.2 Å². The quantitative estimate of drug-likeness (QED) is 0.519. The fourth-order valence-corrected chi connectivity index (χ4v) is 5.52. The highest BCUT2D eigenvalue weighted by Crippen LogP contribution is 2.40. The lowest BCUT2D eigenvalue weighted by atomic mass is 9.85. The van der Waals surface area contributed by atoms with Crippen molar-refractivity contribution >= 4 is 0 Å². The van der Waals surface area contributed by atoms with E-state index in [0.717, 1.165) is 48.3 Å². The lowest BCUT2D eigenvalue weighted by molar-refractivity contribution is 0.415. The Bertz CT molecular complexity index is 759. The second kappa shape index (κ2) is 10.9. The average molecular weight is 423 g/mol. The molecule has 2 aliphatic carbocycles. The molecule has 0 aliphatic heterocycles. The highest BCUT2D eigenvalue weighted by atomic mass is 16.5. The van der Waals surface area contributed by atoms with Crippen molar-refractivity contribution in [3.05, 3.63) is 47.5 Å². The predicted octanol–water partition coefficient (Wildman–Crippen LogP) is 8.55. The van der Waals surface area contributed by atoms with E-state index < -0.39 is 0 Å². The molecular formula is C28H38O3. The first-order valence-corrected chi connectivity index (χ1v) is 12.5. The smallest absolute Gasteiger partial charge is 0.127 e. The minimum Gasteiger partial charge on any atom is -0.508 e. The Balaban J connectivity index is 1.52. The van der Waals surface area contributed by atoms with E-state index in [2.05, 4.69) is 0 Å². The van der Waals surface area contributed by atoms with Crippen LogP contribution in [0.15, 0.2) is 36.4 Å². The minimum atomic E-state index is 0.388. The summed E-state index contributed by atoms with van der Waals surface area (Å²) in [6, 6.07) is 11.3. The summed E-state index contributed by atoms with van der Waals surface area (Å²) in [4.78, 5) is 0. The molecule has 0 amide bonds. The standard InChI is InChI=1S/C28H38O3/c29-27-17-15-23(19-25(27)21-11-7-3-1-4-8-12-21)31-24-16-18-28(30)26(20-24)22-13-9-5-2-6-10-14-22/h15-22,29-30H,1-14H2. The Morgan fingerprint density at radius 3 is 1.26 bits per heavy atom. The van der Waals surface area contributed by atoms with Crippen molar-refractivity contribution in [2.24, 2.45) is 0 Å². The van der Waals surface area contributed by atoms with E-state index in [-0.39, 0.29) is 0 Å². The number of rotatable bonds is 4. The van der Waals surface area contributed by atoms with E-state index in [1.807, 2.05) is 24.3 Å². The number of phenols is 2. The molecule has 0 unspecified atom stereocenters. The molecule has 2 N–H and O–H groups in total. The van der Waals surface area contributed by atoms with Crippen LogP contribution in [0.25, 0.3) is 0 Å². The fourth-order valence-electron chi connectivity index (χ4n) is 5.52. The summed E-state index contributed by atoms with van der Waals surface area (Å²) in [5.74, 6) is 3.13. The maximum absolute atomic E-state index is 10.5. The van der Waals surface area contributed by atoms with Crippen LogP contribution >= 0.6 is 0 Å². The summed E-state index contributed by atoms with van der Waals surface area (Å²) in [6.07, 6.45) is 17.4. The summed E-state index contributed by atoms with van der Waals surface area (Å²) in [6.45, 7) is 0. The molecule has 4 rings (SSSR count). The predicted molar refractivity (Wildman–Crippen MR) is 126 cm³/mol. The zero-order valence-electron chi connectivity index (χ0n) is 18.8. The summed E-state index contributed by atoms with van der Waals surface area (Å²) >= 11 is 0. The Labute approximate surface area is 187 Å². The second-order valence-corrected chi connectivity index (χ2v) is 9.63. The van der Waals surface area contributed by atoms with Gasteiger partial charge < -0.3 is 14.9 Å². The highest BCUT2D eigenvalue weighted by Gasteiger charge is 2.20. The maximum Gasteiger partial charge on any atom is 0.127 e. The van der Waals surface area contributed by atoms with Gasteiger partial charge in [-0.25, -0.2) is 0 Å². The van der Waals surface area contributed by atoms with Gasteiger partial charge in [0.25, 0.3) is 0 Å². The lowest BCUT2D eigenvalue weighted by Gasteiger charge is -2.22. The first-order chi connectivity index (χ1) is 15.2. The topological polar surface area (TPSA) is 49.7 Å². The maximum atomic E-state index is 10.5. The number of benzene rings is 2. The Hall–Kier alpha value is -2.16. The summed E-state index contributed by atoms with van der Waals surface area (Å²) in [5, 5.41) is 21.1. The summed E-state index contributed by atoms with van der Waals surface area (Å²) in [5.41, 5.74) is 2.05. The minimum absolute atomic E-state index is 0.388. The van der Waals surface area contributed by atoms with Crippen LogP contribution in [0, 0.1) is 0 Å². The molecule has 3 heteroatoms. The SMILES string of the molecule is Oc1ccc(Oc2ccc(O)c(C3CCCCCCC3)c2)cc1C1CCCCCCC1. The Morgan fingerprint density at radius 2 is 0.871 bits per heavy atom. The van der Waals surface area contributed by atoms with Crippen molar-refractivity contribution < 1.29 is 14.9 Å². The molecule has 0 aromatic heterocycles. The molecule has 2 aromatic carbocycles. The van der Waals surface area contributed by atoms with E-state index in [4.69, 9.17) is 4.74 Å². The Morgan fingerprint density at radius 1 is 0.516 bits per heavy atom. The average Bonchev–Trinajstić information content (AvgIpc) is 2.71. The van der Waals surface area contributed by atoms with E-state index >= 15 is 0 Å².